The molecule has 0 saturated heterocycles. The number of anilines is 1. The molecule has 102 valence electrons. The molecule has 0 aromatic heterocycles. The monoisotopic (exact) mass is 269 g/mol. The molecule has 0 aliphatic carbocycles. The van der Waals surface area contributed by atoms with E-state index in [0.29, 0.717) is 29.2 Å². The topological polar surface area (TPSA) is 77.0 Å². The van der Waals surface area contributed by atoms with Crippen LogP contribution in [0, 0.1) is 0 Å². The predicted molar refractivity (Wildman–Crippen MR) is 77.4 cm³/mol. The number of hydrogen-bond donors (Lipinski definition) is 1. The Labute approximate surface area is 117 Å². The third-order valence-corrected chi connectivity index (χ3v) is 2.53. The Kier molecular flexibility index (Phi) is 4.44. The Hall–Kier alpha value is -2.69. The predicted octanol–water partition coefficient (Wildman–Crippen LogP) is 3.86. The van der Waals surface area contributed by atoms with Crippen LogP contribution in [0.4, 0.5) is 17.1 Å². The maximum atomic E-state index is 11.6. The van der Waals surface area contributed by atoms with Crippen LogP contribution in [0.2, 0.25) is 0 Å². The first-order valence-electron chi connectivity index (χ1n) is 6.23. The highest BCUT2D eigenvalue weighted by Gasteiger charge is 2.06. The van der Waals surface area contributed by atoms with Gasteiger partial charge in [0.2, 0.25) is 0 Å². The Bertz CT molecular complexity index is 621. The van der Waals surface area contributed by atoms with Gasteiger partial charge in [0.15, 0.2) is 0 Å². The van der Waals surface area contributed by atoms with E-state index in [2.05, 4.69) is 10.2 Å². The van der Waals surface area contributed by atoms with Gasteiger partial charge in [-0.1, -0.05) is 6.07 Å². The fraction of sp³-hybridized carbons (Fsp3) is 0.133. The zero-order valence-corrected chi connectivity index (χ0v) is 11.1. The number of nitrogens with zero attached hydrogens (tertiary/aromatic N) is 2. The number of benzene rings is 2. The largest absolute Gasteiger partial charge is 0.462 e. The van der Waals surface area contributed by atoms with Crippen LogP contribution in [0.3, 0.4) is 0 Å². The van der Waals surface area contributed by atoms with Crippen LogP contribution in [0.15, 0.2) is 58.8 Å². The fourth-order valence-electron chi connectivity index (χ4n) is 1.57. The lowest BCUT2D eigenvalue weighted by molar-refractivity contribution is 0.0526. The van der Waals surface area contributed by atoms with Crippen molar-refractivity contribution in [3.05, 3.63) is 54.1 Å². The third-order valence-electron chi connectivity index (χ3n) is 2.53. The summed E-state index contributed by atoms with van der Waals surface area (Å²) < 4.78 is 4.93. The van der Waals surface area contributed by atoms with E-state index in [1.54, 1.807) is 55.5 Å². The standard InChI is InChI=1S/C15H15N3O2/c1-2-20-15(19)11-4-3-5-14(10-11)18-17-13-8-6-12(16)7-9-13/h3-10H,2,16H2,1H3. The molecule has 2 aromatic rings. The van der Waals surface area contributed by atoms with Crippen LogP contribution in [0.25, 0.3) is 0 Å². The number of nitrogen functional groups attached to an aromatic ring is 1. The summed E-state index contributed by atoms with van der Waals surface area (Å²) >= 11 is 0. The van der Waals surface area contributed by atoms with Crippen molar-refractivity contribution in [2.24, 2.45) is 10.2 Å². The number of azo groups is 1. The Morgan fingerprint density at radius 3 is 2.50 bits per heavy atom. The van der Waals surface area contributed by atoms with E-state index in [4.69, 9.17) is 10.5 Å². The number of ether oxygens (including phenoxy) is 1. The molecule has 0 bridgehead atoms. The molecular weight excluding hydrogens is 254 g/mol. The normalized spacial score (nSPS) is 10.7. The highest BCUT2D eigenvalue weighted by atomic mass is 16.5. The van der Waals surface area contributed by atoms with Crippen LogP contribution in [0.1, 0.15) is 17.3 Å². The van der Waals surface area contributed by atoms with Crippen LogP contribution < -0.4 is 5.73 Å². The zero-order chi connectivity index (χ0) is 14.4. The van der Waals surface area contributed by atoms with E-state index in [-0.39, 0.29) is 5.97 Å². The maximum absolute atomic E-state index is 11.6. The molecule has 0 aliphatic rings. The van der Waals surface area contributed by atoms with Gasteiger partial charge >= 0.3 is 5.97 Å². The molecule has 2 aromatic carbocycles. The van der Waals surface area contributed by atoms with Crippen molar-refractivity contribution in [1.82, 2.24) is 0 Å². The van der Waals surface area contributed by atoms with Gasteiger partial charge in [0, 0.05) is 5.69 Å². The molecule has 2 rings (SSSR count). The number of carbonyl (C=O) groups excluding carboxylic acids is 1. The van der Waals surface area contributed by atoms with Crippen molar-refractivity contribution >= 4 is 23.0 Å². The first-order valence-corrected chi connectivity index (χ1v) is 6.23. The van der Waals surface area contributed by atoms with Gasteiger partial charge in [-0.2, -0.15) is 10.2 Å². The van der Waals surface area contributed by atoms with Gasteiger partial charge in [0.05, 0.1) is 23.5 Å². The molecule has 0 atom stereocenters. The second-order valence-corrected chi connectivity index (χ2v) is 4.06. The number of esters is 1. The molecule has 5 nitrogen and oxygen atoms in total. The second-order valence-electron chi connectivity index (χ2n) is 4.06. The lowest BCUT2D eigenvalue weighted by Crippen LogP contribution is -2.03. The lowest BCUT2D eigenvalue weighted by atomic mass is 10.2. The van der Waals surface area contributed by atoms with Crippen LogP contribution in [-0.4, -0.2) is 12.6 Å². The summed E-state index contributed by atoms with van der Waals surface area (Å²) in [4.78, 5) is 11.6. The van der Waals surface area contributed by atoms with Gasteiger partial charge in [-0.25, -0.2) is 4.79 Å². The first-order chi connectivity index (χ1) is 9.69. The highest BCUT2D eigenvalue weighted by Crippen LogP contribution is 2.20. The first kappa shape index (κ1) is 13.7. The molecule has 0 unspecified atom stereocenters. The van der Waals surface area contributed by atoms with Gasteiger partial charge in [-0.05, 0) is 49.4 Å². The van der Waals surface area contributed by atoms with Crippen molar-refractivity contribution < 1.29 is 9.53 Å². The van der Waals surface area contributed by atoms with Crippen molar-refractivity contribution in [3.63, 3.8) is 0 Å². The van der Waals surface area contributed by atoms with Gasteiger partial charge in [-0.3, -0.25) is 0 Å². The van der Waals surface area contributed by atoms with Crippen molar-refractivity contribution in [1.29, 1.82) is 0 Å². The number of nitrogens with two attached hydrogens (primary N) is 1. The van der Waals surface area contributed by atoms with Crippen molar-refractivity contribution in [2.45, 2.75) is 6.92 Å². The molecule has 2 N–H and O–H groups in total. The van der Waals surface area contributed by atoms with E-state index >= 15 is 0 Å². The molecule has 20 heavy (non-hydrogen) atoms. The quantitative estimate of drug-likeness (QED) is 0.520. The van der Waals surface area contributed by atoms with Crippen molar-refractivity contribution in [3.8, 4) is 0 Å². The van der Waals surface area contributed by atoms with E-state index in [0.717, 1.165) is 0 Å². The molecule has 0 heterocycles. The average molecular weight is 269 g/mol. The van der Waals surface area contributed by atoms with E-state index in [1.165, 1.54) is 0 Å². The van der Waals surface area contributed by atoms with E-state index in [1.807, 2.05) is 0 Å². The minimum atomic E-state index is -0.364. The van der Waals surface area contributed by atoms with Gasteiger partial charge in [0.1, 0.15) is 0 Å². The number of carbonyl (C=O) groups is 1. The zero-order valence-electron chi connectivity index (χ0n) is 11.1. The fourth-order valence-corrected chi connectivity index (χ4v) is 1.57. The summed E-state index contributed by atoms with van der Waals surface area (Å²) in [6.45, 7) is 2.11. The molecule has 5 heteroatoms. The Morgan fingerprint density at radius 1 is 1.10 bits per heavy atom. The second kappa shape index (κ2) is 6.47. The smallest absolute Gasteiger partial charge is 0.338 e. The van der Waals surface area contributed by atoms with Crippen LogP contribution >= 0.6 is 0 Å². The van der Waals surface area contributed by atoms with E-state index < -0.39 is 0 Å². The Morgan fingerprint density at radius 2 is 1.80 bits per heavy atom. The SMILES string of the molecule is CCOC(=O)c1cccc(N=Nc2ccc(N)cc2)c1. The molecule has 0 aliphatic heterocycles. The van der Waals surface area contributed by atoms with Crippen molar-refractivity contribution in [2.75, 3.05) is 12.3 Å². The molecule has 0 radical (unpaired) electrons. The molecular formula is C15H15N3O2. The van der Waals surface area contributed by atoms with Crippen LogP contribution in [-0.2, 0) is 4.74 Å². The highest BCUT2D eigenvalue weighted by molar-refractivity contribution is 5.90. The summed E-state index contributed by atoms with van der Waals surface area (Å²) in [5.74, 6) is -0.364. The maximum Gasteiger partial charge on any atom is 0.338 e. The number of hydrogen-bond acceptors (Lipinski definition) is 5. The van der Waals surface area contributed by atoms with Gasteiger partial charge in [-0.15, -0.1) is 0 Å². The molecule has 0 saturated carbocycles. The summed E-state index contributed by atoms with van der Waals surface area (Å²) in [6, 6.07) is 13.9. The minimum absolute atomic E-state index is 0.343. The Balaban J connectivity index is 2.15. The third kappa shape index (κ3) is 3.65. The summed E-state index contributed by atoms with van der Waals surface area (Å²) in [5, 5.41) is 8.17. The molecule has 0 fully saturated rings. The number of rotatable bonds is 4. The summed E-state index contributed by atoms with van der Waals surface area (Å²) in [5.41, 5.74) is 8.01. The molecule has 0 amide bonds. The van der Waals surface area contributed by atoms with Crippen LogP contribution in [0.5, 0.6) is 0 Å². The minimum Gasteiger partial charge on any atom is -0.462 e. The average Bonchev–Trinajstić information content (AvgIpc) is 2.47. The summed E-state index contributed by atoms with van der Waals surface area (Å²) in [7, 11) is 0. The molecule has 0 spiro atoms. The lowest BCUT2D eigenvalue weighted by Gasteiger charge is -2.01. The summed E-state index contributed by atoms with van der Waals surface area (Å²) in [6.07, 6.45) is 0. The van der Waals surface area contributed by atoms with Gasteiger partial charge in [0.25, 0.3) is 0 Å². The van der Waals surface area contributed by atoms with E-state index in [9.17, 15) is 4.79 Å². The van der Waals surface area contributed by atoms with Gasteiger partial charge < -0.3 is 10.5 Å².